The summed E-state index contributed by atoms with van der Waals surface area (Å²) in [6.45, 7) is -0.264. The largest absolute Gasteiger partial charge is 0.456 e. The Bertz CT molecular complexity index is 704. The maximum absolute atomic E-state index is 11.5. The van der Waals surface area contributed by atoms with Gasteiger partial charge in [-0.1, -0.05) is 41.4 Å². The second kappa shape index (κ2) is 8.34. The smallest absolute Gasteiger partial charge is 0.306 e. The number of nitrogens with one attached hydrogen (secondary N) is 1. The normalized spacial score (nSPS) is 9.87. The van der Waals surface area contributed by atoms with E-state index in [0.717, 1.165) is 5.56 Å². The number of rotatable bonds is 7. The minimum Gasteiger partial charge on any atom is -0.456 e. The summed E-state index contributed by atoms with van der Waals surface area (Å²) in [6.07, 6.45) is 5.27. The number of aryl methyl sites for hydroxylation is 1. The van der Waals surface area contributed by atoms with Crippen molar-refractivity contribution in [1.29, 1.82) is 0 Å². The minimum absolute atomic E-state index is 0.0405. The SMILES string of the molecule is C#CCNC(=O)COC(=O)CCc1nc(-c2ccccc2)no1. The van der Waals surface area contributed by atoms with Crippen molar-refractivity contribution < 1.29 is 18.8 Å². The molecule has 0 aliphatic rings. The number of carbonyl (C=O) groups is 2. The third-order valence-electron chi connectivity index (χ3n) is 2.79. The van der Waals surface area contributed by atoms with E-state index in [1.54, 1.807) is 0 Å². The molecule has 0 saturated carbocycles. The molecule has 23 heavy (non-hydrogen) atoms. The lowest BCUT2D eigenvalue weighted by Crippen LogP contribution is -2.29. The molecule has 7 nitrogen and oxygen atoms in total. The number of nitrogens with zero attached hydrogens (tertiary/aromatic N) is 2. The van der Waals surface area contributed by atoms with Crippen molar-refractivity contribution in [1.82, 2.24) is 15.5 Å². The topological polar surface area (TPSA) is 94.3 Å². The number of benzene rings is 1. The van der Waals surface area contributed by atoms with Crippen molar-refractivity contribution in [2.45, 2.75) is 12.8 Å². The van der Waals surface area contributed by atoms with Crippen LogP contribution in [0.3, 0.4) is 0 Å². The number of carbonyl (C=O) groups excluding carboxylic acids is 2. The van der Waals surface area contributed by atoms with Crippen LogP contribution in [0.5, 0.6) is 0 Å². The van der Waals surface area contributed by atoms with Crippen molar-refractivity contribution in [3.63, 3.8) is 0 Å². The predicted octanol–water partition coefficient (Wildman–Crippen LogP) is 0.962. The molecule has 0 spiro atoms. The fraction of sp³-hybridized carbons (Fsp3) is 0.250. The first-order chi connectivity index (χ1) is 11.2. The van der Waals surface area contributed by atoms with E-state index < -0.39 is 11.9 Å². The lowest BCUT2D eigenvalue weighted by Gasteiger charge is -2.03. The van der Waals surface area contributed by atoms with E-state index >= 15 is 0 Å². The van der Waals surface area contributed by atoms with Gasteiger partial charge in [0.2, 0.25) is 11.7 Å². The molecule has 0 atom stereocenters. The van der Waals surface area contributed by atoms with Gasteiger partial charge < -0.3 is 14.6 Å². The zero-order valence-electron chi connectivity index (χ0n) is 12.3. The molecular formula is C16H15N3O4. The molecule has 118 valence electrons. The van der Waals surface area contributed by atoms with Crippen LogP contribution < -0.4 is 5.32 Å². The molecule has 0 aliphatic carbocycles. The minimum atomic E-state index is -0.527. The average molecular weight is 313 g/mol. The Hall–Kier alpha value is -3.14. The maximum atomic E-state index is 11.5. The van der Waals surface area contributed by atoms with Gasteiger partial charge in [-0.05, 0) is 0 Å². The van der Waals surface area contributed by atoms with Gasteiger partial charge in [0.1, 0.15) is 0 Å². The van der Waals surface area contributed by atoms with Crippen LogP contribution >= 0.6 is 0 Å². The summed E-state index contributed by atoms with van der Waals surface area (Å²) in [6, 6.07) is 9.34. The lowest BCUT2D eigenvalue weighted by atomic mass is 10.2. The molecule has 2 aromatic rings. The van der Waals surface area contributed by atoms with Crippen LogP contribution in [0.25, 0.3) is 11.4 Å². The first-order valence-electron chi connectivity index (χ1n) is 6.93. The molecule has 0 unspecified atom stereocenters. The van der Waals surface area contributed by atoms with Crippen LogP contribution in [0.4, 0.5) is 0 Å². The third kappa shape index (κ3) is 5.28. The summed E-state index contributed by atoms with van der Waals surface area (Å²) in [7, 11) is 0. The Morgan fingerprint density at radius 3 is 2.83 bits per heavy atom. The van der Waals surface area contributed by atoms with Gasteiger partial charge in [0.05, 0.1) is 13.0 Å². The van der Waals surface area contributed by atoms with Crippen LogP contribution in [0.2, 0.25) is 0 Å². The highest BCUT2D eigenvalue weighted by Gasteiger charge is 2.12. The van der Waals surface area contributed by atoms with Crippen molar-refractivity contribution in [3.05, 3.63) is 36.2 Å². The molecule has 0 saturated heterocycles. The zero-order valence-corrected chi connectivity index (χ0v) is 12.3. The van der Waals surface area contributed by atoms with E-state index in [0.29, 0.717) is 11.7 Å². The number of terminal acetylenes is 1. The Morgan fingerprint density at radius 2 is 2.09 bits per heavy atom. The van der Waals surface area contributed by atoms with Gasteiger partial charge in [0.15, 0.2) is 6.61 Å². The molecule has 0 aliphatic heterocycles. The van der Waals surface area contributed by atoms with Crippen LogP contribution in [0.1, 0.15) is 12.3 Å². The van der Waals surface area contributed by atoms with E-state index in [9.17, 15) is 9.59 Å². The Morgan fingerprint density at radius 1 is 1.30 bits per heavy atom. The number of ether oxygens (including phenoxy) is 1. The highest BCUT2D eigenvalue weighted by molar-refractivity contribution is 5.80. The Kier molecular flexibility index (Phi) is 5.89. The van der Waals surface area contributed by atoms with Crippen molar-refractivity contribution in [3.8, 4) is 23.7 Å². The fourth-order valence-corrected chi connectivity index (χ4v) is 1.69. The van der Waals surface area contributed by atoms with E-state index in [4.69, 9.17) is 15.7 Å². The average Bonchev–Trinajstić information content (AvgIpc) is 3.06. The van der Waals surface area contributed by atoms with Gasteiger partial charge in [-0.3, -0.25) is 9.59 Å². The van der Waals surface area contributed by atoms with Gasteiger partial charge in [0, 0.05) is 12.0 Å². The summed E-state index contributed by atoms with van der Waals surface area (Å²) in [4.78, 5) is 27.0. The molecule has 1 amide bonds. The summed E-state index contributed by atoms with van der Waals surface area (Å²) < 4.78 is 9.88. The zero-order chi connectivity index (χ0) is 16.5. The van der Waals surface area contributed by atoms with Crippen molar-refractivity contribution in [2.75, 3.05) is 13.2 Å². The van der Waals surface area contributed by atoms with Crippen LogP contribution in [0.15, 0.2) is 34.9 Å². The van der Waals surface area contributed by atoms with E-state index in [2.05, 4.69) is 21.4 Å². The van der Waals surface area contributed by atoms with Crippen LogP contribution in [0, 0.1) is 12.3 Å². The molecule has 1 aromatic heterocycles. The van der Waals surface area contributed by atoms with E-state index in [-0.39, 0.29) is 26.0 Å². The summed E-state index contributed by atoms with van der Waals surface area (Å²) in [5.41, 5.74) is 0.829. The number of amides is 1. The van der Waals surface area contributed by atoms with Gasteiger partial charge in [-0.15, -0.1) is 6.42 Å². The summed E-state index contributed by atoms with van der Waals surface area (Å²) in [5.74, 6) is 2.07. The number of esters is 1. The standard InChI is InChI=1S/C16H15N3O4/c1-2-10-17-13(20)11-22-15(21)9-8-14-18-16(19-23-14)12-6-4-3-5-7-12/h1,3-7H,8-11H2,(H,17,20). The summed E-state index contributed by atoms with van der Waals surface area (Å²) in [5, 5.41) is 6.24. The van der Waals surface area contributed by atoms with Crippen LogP contribution in [-0.2, 0) is 20.7 Å². The quantitative estimate of drug-likeness (QED) is 0.604. The monoisotopic (exact) mass is 313 g/mol. The van der Waals surface area contributed by atoms with Gasteiger partial charge >= 0.3 is 5.97 Å². The highest BCUT2D eigenvalue weighted by atomic mass is 16.5. The number of aromatic nitrogens is 2. The molecular weight excluding hydrogens is 298 g/mol. The van der Waals surface area contributed by atoms with E-state index in [1.165, 1.54) is 0 Å². The predicted molar refractivity (Wildman–Crippen MR) is 80.9 cm³/mol. The number of hydrogen-bond acceptors (Lipinski definition) is 6. The first-order valence-corrected chi connectivity index (χ1v) is 6.93. The molecule has 1 aromatic carbocycles. The fourth-order valence-electron chi connectivity index (χ4n) is 1.69. The molecule has 1 heterocycles. The third-order valence-corrected chi connectivity index (χ3v) is 2.79. The van der Waals surface area contributed by atoms with Crippen LogP contribution in [-0.4, -0.2) is 35.2 Å². The van der Waals surface area contributed by atoms with Gasteiger partial charge in [-0.2, -0.15) is 4.98 Å². The van der Waals surface area contributed by atoms with E-state index in [1.807, 2.05) is 30.3 Å². The highest BCUT2D eigenvalue weighted by Crippen LogP contribution is 2.15. The molecule has 1 N–H and O–H groups in total. The number of hydrogen-bond donors (Lipinski definition) is 1. The Labute approximate surface area is 133 Å². The molecule has 0 radical (unpaired) electrons. The lowest BCUT2D eigenvalue weighted by molar-refractivity contribution is -0.148. The van der Waals surface area contributed by atoms with Gasteiger partial charge in [-0.25, -0.2) is 0 Å². The molecule has 2 rings (SSSR count). The summed E-state index contributed by atoms with van der Waals surface area (Å²) >= 11 is 0. The molecule has 0 bridgehead atoms. The molecule has 7 heteroatoms. The molecule has 0 fully saturated rings. The maximum Gasteiger partial charge on any atom is 0.306 e. The second-order valence-corrected chi connectivity index (χ2v) is 4.52. The van der Waals surface area contributed by atoms with Crippen molar-refractivity contribution >= 4 is 11.9 Å². The second-order valence-electron chi connectivity index (χ2n) is 4.52. The van der Waals surface area contributed by atoms with Crippen molar-refractivity contribution in [2.24, 2.45) is 0 Å². The van der Waals surface area contributed by atoms with Gasteiger partial charge in [0.25, 0.3) is 5.91 Å². The first kappa shape index (κ1) is 16.2. The Balaban J connectivity index is 1.76.